The summed E-state index contributed by atoms with van der Waals surface area (Å²) in [5.74, 6) is -0.0906. The Balaban J connectivity index is 0.00000135. The van der Waals surface area contributed by atoms with E-state index in [4.69, 9.17) is 4.74 Å². The minimum Gasteiger partial charge on any atom is -0.373 e. The second kappa shape index (κ2) is 17.8. The lowest BCUT2D eigenvalue weighted by molar-refractivity contribution is -0.137. The summed E-state index contributed by atoms with van der Waals surface area (Å²) < 4.78 is 44.4. The zero-order chi connectivity index (χ0) is 28.6. The van der Waals surface area contributed by atoms with E-state index in [0.717, 1.165) is 67.8 Å². The number of carbonyl (C=O) groups is 1. The largest absolute Gasteiger partial charge is 0.416 e. The van der Waals surface area contributed by atoms with E-state index in [2.05, 4.69) is 36.3 Å². The van der Waals surface area contributed by atoms with Crippen molar-refractivity contribution in [2.75, 3.05) is 44.7 Å². The van der Waals surface area contributed by atoms with Crippen LogP contribution in [0.5, 0.6) is 0 Å². The second-order valence-corrected chi connectivity index (χ2v) is 8.88. The molecule has 1 atom stereocenters. The third-order valence-corrected chi connectivity index (χ3v) is 5.86. The molecule has 38 heavy (non-hydrogen) atoms. The molecule has 8 heteroatoms. The highest BCUT2D eigenvalue weighted by Gasteiger charge is 2.30. The van der Waals surface area contributed by atoms with Crippen molar-refractivity contribution in [1.29, 1.82) is 0 Å². The summed E-state index contributed by atoms with van der Waals surface area (Å²) >= 11 is 0. The summed E-state index contributed by atoms with van der Waals surface area (Å²) in [5, 5.41) is 6.08. The fraction of sp³-hybridized carbons (Fsp3) is 0.567. The van der Waals surface area contributed by atoms with E-state index in [1.54, 1.807) is 19.2 Å². The van der Waals surface area contributed by atoms with Gasteiger partial charge in [-0.3, -0.25) is 4.79 Å². The van der Waals surface area contributed by atoms with Crippen LogP contribution in [0.4, 0.5) is 18.9 Å². The Hall–Kier alpha value is -2.58. The average Bonchev–Trinajstić information content (AvgIpc) is 2.92. The topological polar surface area (TPSA) is 53.6 Å². The molecule has 2 aromatic rings. The Morgan fingerprint density at radius 2 is 1.68 bits per heavy atom. The summed E-state index contributed by atoms with van der Waals surface area (Å²) in [6.07, 6.45) is -0.573. The quantitative estimate of drug-likeness (QED) is 0.320. The summed E-state index contributed by atoms with van der Waals surface area (Å²) in [7, 11) is 1.62. The first-order valence-corrected chi connectivity index (χ1v) is 13.8. The summed E-state index contributed by atoms with van der Waals surface area (Å²) in [6, 6.07) is 11.1. The zero-order valence-electron chi connectivity index (χ0n) is 23.9. The van der Waals surface area contributed by atoms with Crippen LogP contribution in [0, 0.1) is 0 Å². The third kappa shape index (κ3) is 10.7. The molecule has 1 unspecified atom stereocenters. The maximum absolute atomic E-state index is 12.8. The minimum atomic E-state index is -4.32. The average molecular weight is 538 g/mol. The monoisotopic (exact) mass is 537 g/mol. The van der Waals surface area contributed by atoms with Gasteiger partial charge in [-0.1, -0.05) is 47.1 Å². The molecule has 0 saturated carbocycles. The number of alkyl halides is 3. The maximum Gasteiger partial charge on any atom is 0.416 e. The van der Waals surface area contributed by atoms with Crippen molar-refractivity contribution in [2.24, 2.45) is 0 Å². The summed E-state index contributed by atoms with van der Waals surface area (Å²) in [5.41, 5.74) is 3.12. The van der Waals surface area contributed by atoms with Gasteiger partial charge in [0.1, 0.15) is 0 Å². The molecule has 0 aliphatic carbocycles. The highest BCUT2D eigenvalue weighted by atomic mass is 19.4. The Kier molecular flexibility index (Phi) is 15.7. The molecule has 2 aromatic carbocycles. The van der Waals surface area contributed by atoms with Gasteiger partial charge in [0, 0.05) is 37.9 Å². The number of ether oxygens (including phenoxy) is 1. The molecule has 1 aliphatic rings. The fourth-order valence-electron chi connectivity index (χ4n) is 4.14. The van der Waals surface area contributed by atoms with E-state index in [1.807, 2.05) is 32.0 Å². The minimum absolute atomic E-state index is 0.0124. The Bertz CT molecular complexity index is 933. The number of amides is 1. The highest BCUT2D eigenvalue weighted by molar-refractivity contribution is 5.94. The lowest BCUT2D eigenvalue weighted by atomic mass is 9.93. The van der Waals surface area contributed by atoms with Gasteiger partial charge in [-0.2, -0.15) is 13.2 Å². The molecule has 1 heterocycles. The van der Waals surface area contributed by atoms with Crippen molar-refractivity contribution in [3.8, 4) is 0 Å². The van der Waals surface area contributed by atoms with Crippen LogP contribution in [0.2, 0.25) is 0 Å². The number of benzene rings is 2. The van der Waals surface area contributed by atoms with Crippen LogP contribution in [0.3, 0.4) is 0 Å². The van der Waals surface area contributed by atoms with Gasteiger partial charge in [0.15, 0.2) is 0 Å². The molecule has 0 aromatic heterocycles. The van der Waals surface area contributed by atoms with Crippen molar-refractivity contribution in [3.63, 3.8) is 0 Å². The van der Waals surface area contributed by atoms with Crippen LogP contribution < -0.4 is 15.5 Å². The number of nitrogens with one attached hydrogen (secondary N) is 2. The third-order valence-electron chi connectivity index (χ3n) is 5.86. The molecule has 0 spiro atoms. The number of fused-ring (bicyclic) bond motifs is 1. The number of halogens is 3. The standard InChI is InChI=1S/C25H32F3N3O2.C3H8.C2H6/c1-3-14-31(21-7-5-20(6-8-21)25(26,27)28)15-13-30-12-10-23-22-9-4-19(24(32)29-2)17-18(22)11-16-33-23;1-3-2;1-2/h4-9,17,23,30H,3,10-16H2,1-2H3,(H,29,32);3H2,1-2H3;1-2H3. The fourth-order valence-corrected chi connectivity index (χ4v) is 4.14. The Morgan fingerprint density at radius 1 is 1.03 bits per heavy atom. The van der Waals surface area contributed by atoms with Gasteiger partial charge < -0.3 is 20.3 Å². The van der Waals surface area contributed by atoms with E-state index in [-0.39, 0.29) is 12.0 Å². The lowest BCUT2D eigenvalue weighted by Gasteiger charge is -2.27. The zero-order valence-corrected chi connectivity index (χ0v) is 23.9. The molecule has 5 nitrogen and oxygen atoms in total. The highest BCUT2D eigenvalue weighted by Crippen LogP contribution is 2.31. The van der Waals surface area contributed by atoms with E-state index < -0.39 is 11.7 Å². The number of nitrogens with zero attached hydrogens (tertiary/aromatic N) is 1. The molecule has 1 amide bonds. The number of hydrogen-bond donors (Lipinski definition) is 2. The molecular weight excluding hydrogens is 491 g/mol. The van der Waals surface area contributed by atoms with Crippen LogP contribution in [-0.4, -0.2) is 45.7 Å². The molecule has 214 valence electrons. The van der Waals surface area contributed by atoms with Crippen molar-refractivity contribution in [1.82, 2.24) is 10.6 Å². The van der Waals surface area contributed by atoms with Crippen LogP contribution >= 0.6 is 0 Å². The number of carbonyl (C=O) groups excluding carboxylic acids is 1. The summed E-state index contributed by atoms with van der Waals surface area (Å²) in [4.78, 5) is 14.0. The normalized spacial score (nSPS) is 14.3. The van der Waals surface area contributed by atoms with E-state index in [1.165, 1.54) is 6.42 Å². The van der Waals surface area contributed by atoms with E-state index >= 15 is 0 Å². The van der Waals surface area contributed by atoms with E-state index in [9.17, 15) is 18.0 Å². The molecule has 0 fully saturated rings. The molecule has 0 radical (unpaired) electrons. The van der Waals surface area contributed by atoms with Crippen LogP contribution in [0.1, 0.15) is 87.0 Å². The number of hydrogen-bond acceptors (Lipinski definition) is 4. The van der Waals surface area contributed by atoms with Crippen molar-refractivity contribution >= 4 is 11.6 Å². The first-order valence-electron chi connectivity index (χ1n) is 13.8. The van der Waals surface area contributed by atoms with Gasteiger partial charge in [0.2, 0.25) is 0 Å². The Labute approximate surface area is 227 Å². The van der Waals surface area contributed by atoms with Gasteiger partial charge >= 0.3 is 6.18 Å². The van der Waals surface area contributed by atoms with Gasteiger partial charge in [-0.25, -0.2) is 0 Å². The van der Waals surface area contributed by atoms with Gasteiger partial charge in [0.25, 0.3) is 5.91 Å². The number of anilines is 1. The van der Waals surface area contributed by atoms with Gasteiger partial charge in [-0.05, 0) is 73.3 Å². The molecule has 0 saturated heterocycles. The summed E-state index contributed by atoms with van der Waals surface area (Å²) in [6.45, 7) is 13.9. The SMILES string of the molecule is CC.CCC.CCCN(CCNCCC1OCCc2cc(C(=O)NC)ccc21)c1ccc(C(F)(F)F)cc1. The Morgan fingerprint density at radius 3 is 2.26 bits per heavy atom. The molecule has 0 bridgehead atoms. The van der Waals surface area contributed by atoms with Crippen LogP contribution in [-0.2, 0) is 17.3 Å². The predicted molar refractivity (Wildman–Crippen MR) is 151 cm³/mol. The maximum atomic E-state index is 12.8. The van der Waals surface area contributed by atoms with Crippen LogP contribution in [0.25, 0.3) is 0 Å². The lowest BCUT2D eigenvalue weighted by Crippen LogP contribution is -2.33. The first kappa shape index (κ1) is 33.4. The predicted octanol–water partition coefficient (Wildman–Crippen LogP) is 7.02. The molecule has 1 aliphatic heterocycles. The van der Waals surface area contributed by atoms with Crippen molar-refractivity contribution in [3.05, 3.63) is 64.7 Å². The van der Waals surface area contributed by atoms with Crippen molar-refractivity contribution < 1.29 is 22.7 Å². The molecular formula is C30H46F3N3O2. The molecule has 2 N–H and O–H groups in total. The van der Waals surface area contributed by atoms with Crippen LogP contribution in [0.15, 0.2) is 42.5 Å². The number of rotatable bonds is 10. The first-order chi connectivity index (χ1) is 18.2. The molecule has 3 rings (SSSR count). The van der Waals surface area contributed by atoms with E-state index in [0.29, 0.717) is 18.7 Å². The van der Waals surface area contributed by atoms with Gasteiger partial charge in [-0.15, -0.1) is 0 Å². The van der Waals surface area contributed by atoms with Gasteiger partial charge in [0.05, 0.1) is 18.3 Å². The smallest absolute Gasteiger partial charge is 0.373 e. The van der Waals surface area contributed by atoms with Crippen molar-refractivity contribution in [2.45, 2.75) is 72.6 Å². The second-order valence-electron chi connectivity index (χ2n) is 8.88.